The number of nitrogens with zero attached hydrogens (tertiary/aromatic N) is 5. The van der Waals surface area contributed by atoms with Crippen LogP contribution in [0, 0.1) is 0 Å². The minimum absolute atomic E-state index is 0.702. The third-order valence-electron chi connectivity index (χ3n) is 5.09. The zero-order valence-electron chi connectivity index (χ0n) is 15.1. The molecule has 0 fully saturated rings. The van der Waals surface area contributed by atoms with Crippen molar-refractivity contribution in [1.29, 1.82) is 0 Å². The molecular formula is C20H25N5O. The monoisotopic (exact) mass is 351 g/mol. The molecule has 1 aliphatic heterocycles. The van der Waals surface area contributed by atoms with Crippen LogP contribution in [0.5, 0.6) is 0 Å². The minimum Gasteiger partial charge on any atom is -0.380 e. The number of aliphatic hydroxyl groups is 1. The van der Waals surface area contributed by atoms with E-state index in [0.717, 1.165) is 44.7 Å². The van der Waals surface area contributed by atoms with E-state index in [9.17, 15) is 5.11 Å². The van der Waals surface area contributed by atoms with E-state index in [1.165, 1.54) is 11.3 Å². The van der Waals surface area contributed by atoms with Gasteiger partial charge in [0.15, 0.2) is 0 Å². The largest absolute Gasteiger partial charge is 0.380 e. The summed E-state index contributed by atoms with van der Waals surface area (Å²) in [5, 5.41) is 19.4. The van der Waals surface area contributed by atoms with E-state index in [1.54, 1.807) is 10.9 Å². The average molecular weight is 351 g/mol. The molecule has 26 heavy (non-hydrogen) atoms. The van der Waals surface area contributed by atoms with Crippen LogP contribution in [0.15, 0.2) is 48.7 Å². The van der Waals surface area contributed by atoms with Crippen molar-refractivity contribution < 1.29 is 5.11 Å². The SMILES string of the molecule is Cn1nccc1[C@@H](O)c1cc2n(n1)CCCN(CCc1ccccc1)C2. The molecule has 0 radical (unpaired) electrons. The molecule has 3 aromatic rings. The lowest BCUT2D eigenvalue weighted by Gasteiger charge is -2.19. The number of hydrogen-bond donors (Lipinski definition) is 1. The van der Waals surface area contributed by atoms with Crippen LogP contribution < -0.4 is 0 Å². The first-order chi connectivity index (χ1) is 12.7. The standard InChI is InChI=1S/C20H25N5O/c1-23-19(8-10-21-23)20(26)18-14-17-15-24(11-5-12-25(17)22-18)13-9-16-6-3-2-4-7-16/h2-4,6-8,10,14,20,26H,5,9,11-13,15H2,1H3/t20-/m0/s1. The van der Waals surface area contributed by atoms with Crippen molar-refractivity contribution in [3.8, 4) is 0 Å². The van der Waals surface area contributed by atoms with Gasteiger partial charge in [-0.25, -0.2) is 0 Å². The third kappa shape index (κ3) is 3.57. The van der Waals surface area contributed by atoms with Gasteiger partial charge in [-0.15, -0.1) is 0 Å². The van der Waals surface area contributed by atoms with Crippen molar-refractivity contribution >= 4 is 0 Å². The Morgan fingerprint density at radius 2 is 2.00 bits per heavy atom. The predicted octanol–water partition coefficient (Wildman–Crippen LogP) is 2.15. The maximum absolute atomic E-state index is 10.6. The first-order valence-corrected chi connectivity index (χ1v) is 9.19. The molecule has 0 saturated heterocycles. The van der Waals surface area contributed by atoms with E-state index in [2.05, 4.69) is 50.1 Å². The van der Waals surface area contributed by atoms with Crippen LogP contribution in [0.2, 0.25) is 0 Å². The van der Waals surface area contributed by atoms with E-state index < -0.39 is 6.10 Å². The molecule has 4 rings (SSSR count). The third-order valence-corrected chi connectivity index (χ3v) is 5.09. The van der Waals surface area contributed by atoms with Crippen LogP contribution in [-0.4, -0.2) is 42.7 Å². The Hall–Kier alpha value is -2.44. The van der Waals surface area contributed by atoms with Gasteiger partial charge >= 0.3 is 0 Å². The summed E-state index contributed by atoms with van der Waals surface area (Å²) in [6, 6.07) is 14.5. The molecule has 136 valence electrons. The molecule has 0 saturated carbocycles. The number of rotatable bonds is 5. The summed E-state index contributed by atoms with van der Waals surface area (Å²) in [7, 11) is 1.84. The number of benzene rings is 1. The topological polar surface area (TPSA) is 59.1 Å². The molecule has 1 aliphatic rings. The van der Waals surface area contributed by atoms with Crippen molar-refractivity contribution in [3.63, 3.8) is 0 Å². The van der Waals surface area contributed by atoms with Crippen LogP contribution in [0.1, 0.15) is 35.2 Å². The Balaban J connectivity index is 1.46. The Kier molecular flexibility index (Phi) is 4.86. The van der Waals surface area contributed by atoms with Crippen molar-refractivity contribution in [3.05, 3.63) is 71.3 Å². The van der Waals surface area contributed by atoms with E-state index in [-0.39, 0.29) is 0 Å². The van der Waals surface area contributed by atoms with Gasteiger partial charge in [0.25, 0.3) is 0 Å². The van der Waals surface area contributed by atoms with Crippen molar-refractivity contribution in [2.75, 3.05) is 13.1 Å². The second kappa shape index (κ2) is 7.43. The molecule has 0 unspecified atom stereocenters. The Morgan fingerprint density at radius 1 is 1.15 bits per heavy atom. The van der Waals surface area contributed by atoms with E-state index in [4.69, 9.17) is 0 Å². The zero-order chi connectivity index (χ0) is 17.9. The van der Waals surface area contributed by atoms with Crippen LogP contribution in [0.4, 0.5) is 0 Å². The Morgan fingerprint density at radius 3 is 2.77 bits per heavy atom. The van der Waals surface area contributed by atoms with Gasteiger partial charge in [0.1, 0.15) is 6.10 Å². The molecule has 6 nitrogen and oxygen atoms in total. The average Bonchev–Trinajstić information content (AvgIpc) is 3.21. The highest BCUT2D eigenvalue weighted by atomic mass is 16.3. The minimum atomic E-state index is -0.736. The summed E-state index contributed by atoms with van der Waals surface area (Å²) in [4.78, 5) is 2.48. The summed E-state index contributed by atoms with van der Waals surface area (Å²) in [6.45, 7) is 3.89. The number of aromatic nitrogens is 4. The van der Waals surface area contributed by atoms with Crippen molar-refractivity contribution in [2.24, 2.45) is 7.05 Å². The summed E-state index contributed by atoms with van der Waals surface area (Å²) in [6.07, 6.45) is 3.09. The van der Waals surface area contributed by atoms with Gasteiger partial charge < -0.3 is 5.11 Å². The highest BCUT2D eigenvalue weighted by Crippen LogP contribution is 2.23. The number of aliphatic hydroxyl groups excluding tert-OH is 1. The van der Waals surface area contributed by atoms with Gasteiger partial charge in [-0.3, -0.25) is 14.3 Å². The first kappa shape index (κ1) is 17.0. The molecule has 1 N–H and O–H groups in total. The normalized spacial score (nSPS) is 16.2. The maximum Gasteiger partial charge on any atom is 0.139 e. The quantitative estimate of drug-likeness (QED) is 0.765. The lowest BCUT2D eigenvalue weighted by Crippen LogP contribution is -2.25. The second-order valence-corrected chi connectivity index (χ2v) is 6.93. The van der Waals surface area contributed by atoms with E-state index in [1.807, 2.05) is 19.2 Å². The van der Waals surface area contributed by atoms with Crippen molar-refractivity contribution in [1.82, 2.24) is 24.5 Å². The van der Waals surface area contributed by atoms with Crippen LogP contribution in [-0.2, 0) is 26.6 Å². The van der Waals surface area contributed by atoms with E-state index >= 15 is 0 Å². The van der Waals surface area contributed by atoms with Gasteiger partial charge in [0.2, 0.25) is 0 Å². The highest BCUT2D eigenvalue weighted by molar-refractivity contribution is 5.22. The first-order valence-electron chi connectivity index (χ1n) is 9.19. The molecule has 0 bridgehead atoms. The smallest absolute Gasteiger partial charge is 0.139 e. The summed E-state index contributed by atoms with van der Waals surface area (Å²) in [5.74, 6) is 0. The molecule has 1 aromatic carbocycles. The van der Waals surface area contributed by atoms with Gasteiger partial charge in [-0.1, -0.05) is 30.3 Å². The Labute approximate surface area is 153 Å². The fraction of sp³-hybridized carbons (Fsp3) is 0.400. The predicted molar refractivity (Wildman–Crippen MR) is 99.5 cm³/mol. The Bertz CT molecular complexity index is 854. The second-order valence-electron chi connectivity index (χ2n) is 6.93. The summed E-state index contributed by atoms with van der Waals surface area (Å²) >= 11 is 0. The van der Waals surface area contributed by atoms with Gasteiger partial charge in [-0.05, 0) is 30.5 Å². The molecule has 0 spiro atoms. The molecular weight excluding hydrogens is 326 g/mol. The molecule has 6 heteroatoms. The van der Waals surface area contributed by atoms with Crippen LogP contribution >= 0.6 is 0 Å². The summed E-state index contributed by atoms with van der Waals surface area (Å²) < 4.78 is 3.75. The fourth-order valence-corrected chi connectivity index (χ4v) is 3.61. The fourth-order valence-electron chi connectivity index (χ4n) is 3.61. The lowest BCUT2D eigenvalue weighted by molar-refractivity contribution is 0.203. The lowest BCUT2D eigenvalue weighted by atomic mass is 10.1. The number of hydrogen-bond acceptors (Lipinski definition) is 4. The molecule has 1 atom stereocenters. The van der Waals surface area contributed by atoms with Crippen LogP contribution in [0.3, 0.4) is 0 Å². The highest BCUT2D eigenvalue weighted by Gasteiger charge is 2.22. The number of fused-ring (bicyclic) bond motifs is 1. The molecule has 3 heterocycles. The molecule has 0 amide bonds. The van der Waals surface area contributed by atoms with Crippen molar-refractivity contribution in [2.45, 2.75) is 32.0 Å². The molecule has 0 aliphatic carbocycles. The van der Waals surface area contributed by atoms with Gasteiger partial charge in [-0.2, -0.15) is 10.2 Å². The van der Waals surface area contributed by atoms with Gasteiger partial charge in [0, 0.05) is 39.4 Å². The number of aryl methyl sites for hydroxylation is 2. The zero-order valence-corrected chi connectivity index (χ0v) is 15.1. The summed E-state index contributed by atoms with van der Waals surface area (Å²) in [5.41, 5.74) is 4.01. The van der Waals surface area contributed by atoms with E-state index in [0.29, 0.717) is 5.69 Å². The van der Waals surface area contributed by atoms with Gasteiger partial charge in [0.05, 0.1) is 17.1 Å². The maximum atomic E-state index is 10.6. The molecule has 2 aromatic heterocycles. The van der Waals surface area contributed by atoms with Crippen LogP contribution in [0.25, 0.3) is 0 Å².